The molecule has 1 amide bonds. The van der Waals surface area contributed by atoms with E-state index in [0.717, 1.165) is 0 Å². The Balaban J connectivity index is 1.43. The van der Waals surface area contributed by atoms with Crippen LogP contribution < -0.4 is 20.9 Å². The van der Waals surface area contributed by atoms with E-state index in [2.05, 4.69) is 20.9 Å². The van der Waals surface area contributed by atoms with Crippen molar-refractivity contribution < 1.29 is 40.6 Å². The number of piperidine rings is 1. The van der Waals surface area contributed by atoms with Gasteiger partial charge < -0.3 is 30.5 Å². The van der Waals surface area contributed by atoms with Gasteiger partial charge in [0.1, 0.15) is 11.6 Å². The van der Waals surface area contributed by atoms with Gasteiger partial charge in [0.15, 0.2) is 0 Å². The molecule has 49 heavy (non-hydrogen) atoms. The normalized spacial score (nSPS) is 14.4. The highest BCUT2D eigenvalue weighted by Gasteiger charge is 2.41. The maximum absolute atomic E-state index is 14.1. The van der Waals surface area contributed by atoms with Gasteiger partial charge in [-0.25, -0.2) is 9.37 Å². The standard InChI is InChI=1S/C32H31Cl2F7N6O2/c1-46-25-14-24(47-11-7-18(8-12-47)32(39,40)41)19(29(49)43-10-9-31(36,37)38)13-23(25)44-30(46)45-28-21(33)6-5-17(27(28)34)15-42-16-20-22(35)3-2-4-26(20)48/h2-6,13-14,18,42,48H,7-12,15-16H2,1H3,(H,43,49)(H,44,45). The largest absolute Gasteiger partial charge is 0.508 e. The zero-order valence-electron chi connectivity index (χ0n) is 25.9. The fraction of sp³-hybridized carbons (Fsp3) is 0.375. The molecule has 8 nitrogen and oxygen atoms in total. The fourth-order valence-electron chi connectivity index (χ4n) is 5.65. The summed E-state index contributed by atoms with van der Waals surface area (Å²) in [7, 11) is 1.65. The number of alkyl halides is 6. The van der Waals surface area contributed by atoms with E-state index in [1.165, 1.54) is 24.3 Å². The molecule has 2 heterocycles. The number of halogens is 9. The lowest BCUT2D eigenvalue weighted by Crippen LogP contribution is -2.40. The summed E-state index contributed by atoms with van der Waals surface area (Å²) < 4.78 is 94.1. The lowest BCUT2D eigenvalue weighted by molar-refractivity contribution is -0.179. The van der Waals surface area contributed by atoms with Crippen molar-refractivity contribution in [3.8, 4) is 5.75 Å². The van der Waals surface area contributed by atoms with Crippen molar-refractivity contribution >= 4 is 57.5 Å². The lowest BCUT2D eigenvalue weighted by atomic mass is 9.95. The van der Waals surface area contributed by atoms with Crippen molar-refractivity contribution in [2.24, 2.45) is 13.0 Å². The molecular formula is C32H31Cl2F7N6O2. The van der Waals surface area contributed by atoms with Crippen LogP contribution in [0.2, 0.25) is 10.0 Å². The first kappa shape index (κ1) is 36.3. The fourth-order valence-corrected chi connectivity index (χ4v) is 6.18. The van der Waals surface area contributed by atoms with Crippen LogP contribution in [0.1, 0.15) is 40.7 Å². The molecule has 4 N–H and O–H groups in total. The van der Waals surface area contributed by atoms with Crippen LogP contribution in [0.4, 0.5) is 48.1 Å². The number of anilines is 3. The van der Waals surface area contributed by atoms with Gasteiger partial charge in [0.2, 0.25) is 5.95 Å². The Kier molecular flexibility index (Phi) is 10.7. The number of imidazole rings is 1. The van der Waals surface area contributed by atoms with E-state index < -0.39 is 43.0 Å². The molecule has 0 bridgehead atoms. The molecule has 0 spiro atoms. The molecule has 0 aliphatic carbocycles. The summed E-state index contributed by atoms with van der Waals surface area (Å²) in [6, 6.07) is 10.2. The number of fused-ring (bicyclic) bond motifs is 1. The van der Waals surface area contributed by atoms with E-state index in [1.807, 2.05) is 0 Å². The molecule has 0 radical (unpaired) electrons. The third kappa shape index (κ3) is 8.44. The number of carbonyl (C=O) groups is 1. The molecule has 1 fully saturated rings. The number of phenolic OH excluding ortho intramolecular Hbond substituents is 1. The molecule has 0 atom stereocenters. The van der Waals surface area contributed by atoms with Gasteiger partial charge in [0.25, 0.3) is 5.91 Å². The maximum Gasteiger partial charge on any atom is 0.391 e. The van der Waals surface area contributed by atoms with Crippen LogP contribution >= 0.6 is 23.2 Å². The number of aromatic hydroxyl groups is 1. The van der Waals surface area contributed by atoms with Crippen LogP contribution in [-0.4, -0.2) is 52.6 Å². The van der Waals surface area contributed by atoms with Crippen LogP contribution in [0.5, 0.6) is 5.75 Å². The number of carbonyl (C=O) groups excluding carboxylic acids is 1. The number of nitrogens with zero attached hydrogens (tertiary/aromatic N) is 3. The summed E-state index contributed by atoms with van der Waals surface area (Å²) in [5.41, 5.74) is 1.90. The van der Waals surface area contributed by atoms with Crippen LogP contribution in [-0.2, 0) is 20.1 Å². The molecule has 0 saturated carbocycles. The van der Waals surface area contributed by atoms with E-state index in [0.29, 0.717) is 11.1 Å². The van der Waals surface area contributed by atoms with E-state index in [4.69, 9.17) is 23.2 Å². The van der Waals surface area contributed by atoms with E-state index in [-0.39, 0.29) is 88.8 Å². The Bertz CT molecular complexity index is 1820. The lowest BCUT2D eigenvalue weighted by Gasteiger charge is -2.35. The number of aromatic nitrogens is 2. The third-order valence-electron chi connectivity index (χ3n) is 8.35. The summed E-state index contributed by atoms with van der Waals surface area (Å²) in [5.74, 6) is -2.88. The number of aryl methyl sites for hydroxylation is 1. The summed E-state index contributed by atoms with van der Waals surface area (Å²) in [4.78, 5) is 19.3. The SMILES string of the molecule is Cn1c(Nc2c(Cl)ccc(CNCc3c(O)cccc3F)c2Cl)nc2cc(C(=O)NCCC(F)(F)F)c(N3CCC(C(F)(F)F)CC3)cc21. The van der Waals surface area contributed by atoms with Crippen molar-refractivity contribution in [2.75, 3.05) is 29.9 Å². The Hall–Kier alpha value is -3.95. The second-order valence-corrected chi connectivity index (χ2v) is 12.4. The molecule has 4 aromatic rings. The topological polar surface area (TPSA) is 94.5 Å². The van der Waals surface area contributed by atoms with Crippen LogP contribution in [0.3, 0.4) is 0 Å². The zero-order chi connectivity index (χ0) is 35.7. The number of hydrogen-bond acceptors (Lipinski definition) is 6. The van der Waals surface area contributed by atoms with Crippen LogP contribution in [0.15, 0.2) is 42.5 Å². The monoisotopic (exact) mass is 734 g/mol. The molecule has 264 valence electrons. The average Bonchev–Trinajstić information content (AvgIpc) is 3.33. The summed E-state index contributed by atoms with van der Waals surface area (Å²) in [5, 5.41) is 18.8. The van der Waals surface area contributed by atoms with Crippen molar-refractivity contribution in [1.82, 2.24) is 20.2 Å². The van der Waals surface area contributed by atoms with Crippen molar-refractivity contribution in [1.29, 1.82) is 0 Å². The highest BCUT2D eigenvalue weighted by molar-refractivity contribution is 6.39. The van der Waals surface area contributed by atoms with E-state index in [1.54, 1.807) is 34.7 Å². The number of rotatable bonds is 10. The number of benzene rings is 3. The van der Waals surface area contributed by atoms with Gasteiger partial charge in [-0.05, 0) is 48.7 Å². The van der Waals surface area contributed by atoms with Gasteiger partial charge in [0.05, 0.1) is 50.4 Å². The second kappa shape index (κ2) is 14.5. The van der Waals surface area contributed by atoms with E-state index in [9.17, 15) is 40.6 Å². The Morgan fingerprint density at radius 2 is 1.76 bits per heavy atom. The molecule has 1 aliphatic heterocycles. The highest BCUT2D eigenvalue weighted by Crippen LogP contribution is 2.39. The average molecular weight is 736 g/mol. The third-order valence-corrected chi connectivity index (χ3v) is 9.10. The summed E-state index contributed by atoms with van der Waals surface area (Å²) >= 11 is 13.2. The van der Waals surface area contributed by atoms with Crippen LogP contribution in [0.25, 0.3) is 11.0 Å². The van der Waals surface area contributed by atoms with Crippen LogP contribution in [0, 0.1) is 11.7 Å². The van der Waals surface area contributed by atoms with Gasteiger partial charge in [-0.3, -0.25) is 4.79 Å². The van der Waals surface area contributed by atoms with Gasteiger partial charge in [-0.2, -0.15) is 26.3 Å². The summed E-state index contributed by atoms with van der Waals surface area (Å²) in [6.45, 7) is -0.557. The predicted octanol–water partition coefficient (Wildman–Crippen LogP) is 8.22. The molecule has 17 heteroatoms. The van der Waals surface area contributed by atoms with E-state index >= 15 is 0 Å². The molecule has 0 unspecified atom stereocenters. The van der Waals surface area contributed by atoms with Crippen molar-refractivity contribution in [3.63, 3.8) is 0 Å². The molecule has 3 aromatic carbocycles. The minimum Gasteiger partial charge on any atom is -0.508 e. The first-order valence-electron chi connectivity index (χ1n) is 15.1. The maximum atomic E-state index is 14.1. The Morgan fingerprint density at radius 3 is 2.41 bits per heavy atom. The van der Waals surface area contributed by atoms with Crippen molar-refractivity contribution in [2.45, 2.75) is 44.7 Å². The molecule has 1 aromatic heterocycles. The Labute approximate surface area is 286 Å². The molecule has 1 saturated heterocycles. The minimum absolute atomic E-state index is 0.00725. The number of nitrogens with one attached hydrogen (secondary N) is 3. The van der Waals surface area contributed by atoms with Gasteiger partial charge in [-0.1, -0.05) is 35.3 Å². The first-order valence-corrected chi connectivity index (χ1v) is 15.9. The number of phenols is 1. The zero-order valence-corrected chi connectivity index (χ0v) is 27.4. The predicted molar refractivity (Wildman–Crippen MR) is 173 cm³/mol. The quantitative estimate of drug-likeness (QED) is 0.123. The smallest absolute Gasteiger partial charge is 0.391 e. The van der Waals surface area contributed by atoms with Gasteiger partial charge >= 0.3 is 12.4 Å². The second-order valence-electron chi connectivity index (χ2n) is 11.6. The van der Waals surface area contributed by atoms with Crippen molar-refractivity contribution in [3.05, 3.63) is 75.0 Å². The Morgan fingerprint density at radius 1 is 1.04 bits per heavy atom. The highest BCUT2D eigenvalue weighted by atomic mass is 35.5. The summed E-state index contributed by atoms with van der Waals surface area (Å²) in [6.07, 6.45) is -10.5. The van der Waals surface area contributed by atoms with Gasteiger partial charge in [0, 0.05) is 45.3 Å². The first-order chi connectivity index (χ1) is 23.0. The number of hydrogen-bond donors (Lipinski definition) is 4. The number of amides is 1. The van der Waals surface area contributed by atoms with Gasteiger partial charge in [-0.15, -0.1) is 0 Å². The molecular weight excluding hydrogens is 704 g/mol. The molecule has 1 aliphatic rings. The minimum atomic E-state index is -4.50. The molecule has 5 rings (SSSR count).